The molecule has 1 fully saturated rings. The largest absolute Gasteiger partial charge is 0.491 e. The summed E-state index contributed by atoms with van der Waals surface area (Å²) in [7, 11) is 0. The van der Waals surface area contributed by atoms with E-state index in [4.69, 9.17) is 19.2 Å². The molecule has 9 heteroatoms. The Morgan fingerprint density at radius 3 is 2.71 bits per heavy atom. The van der Waals surface area contributed by atoms with Crippen LogP contribution in [0.4, 0.5) is 5.82 Å². The fraction of sp³-hybridized carbons (Fsp3) is 0.500. The Labute approximate surface area is 206 Å². The van der Waals surface area contributed by atoms with Gasteiger partial charge < -0.3 is 30.3 Å². The van der Waals surface area contributed by atoms with Crippen molar-refractivity contribution < 1.29 is 14.4 Å². The van der Waals surface area contributed by atoms with E-state index in [9.17, 15) is 5.11 Å². The highest BCUT2D eigenvalue weighted by Gasteiger charge is 2.22. The molecule has 3 heterocycles. The van der Waals surface area contributed by atoms with E-state index >= 15 is 0 Å². The molecule has 3 aromatic rings. The fourth-order valence-corrected chi connectivity index (χ4v) is 4.30. The Kier molecular flexibility index (Phi) is 8.33. The van der Waals surface area contributed by atoms with E-state index in [1.54, 1.807) is 0 Å². The number of nitrogens with zero attached hydrogens (tertiary/aromatic N) is 3. The molecule has 2 aromatic heterocycles. The van der Waals surface area contributed by atoms with E-state index in [1.165, 1.54) is 0 Å². The van der Waals surface area contributed by atoms with Crippen LogP contribution >= 0.6 is 0 Å². The molecule has 188 valence electrons. The lowest BCUT2D eigenvalue weighted by Crippen LogP contribution is -2.35. The van der Waals surface area contributed by atoms with Crippen LogP contribution in [0.1, 0.15) is 36.8 Å². The van der Waals surface area contributed by atoms with Gasteiger partial charge in [0.1, 0.15) is 30.0 Å². The minimum atomic E-state index is -0.582. The molecule has 4 rings (SSSR count). The molecule has 1 aliphatic rings. The van der Waals surface area contributed by atoms with E-state index in [0.29, 0.717) is 24.2 Å². The zero-order valence-corrected chi connectivity index (χ0v) is 21.0. The first-order valence-electron chi connectivity index (χ1n) is 12.4. The van der Waals surface area contributed by atoms with Gasteiger partial charge in [0.25, 0.3) is 0 Å². The number of aliphatic hydroxyl groups is 1. The van der Waals surface area contributed by atoms with Crippen molar-refractivity contribution in [3.8, 4) is 28.4 Å². The standard InChI is InChI=1S/C26H36N6O3/c1-5-27-14-21(33)15-34-22-8-6-7-19(13-22)26-30-24(23-17(3)32-35-18(23)4)16(2)25(31-26)29-20-9-11-28-12-10-20/h6-8,13,20-21,27-28,33H,5,9-12,14-15H2,1-4H3,(H,29,30,31). The summed E-state index contributed by atoms with van der Waals surface area (Å²) in [5, 5.41) is 24.4. The average molecular weight is 481 g/mol. The Morgan fingerprint density at radius 1 is 1.20 bits per heavy atom. The summed E-state index contributed by atoms with van der Waals surface area (Å²) in [5.41, 5.74) is 4.33. The van der Waals surface area contributed by atoms with Crippen LogP contribution < -0.4 is 20.7 Å². The number of hydrogen-bond acceptors (Lipinski definition) is 9. The molecule has 1 aromatic carbocycles. The van der Waals surface area contributed by atoms with Crippen LogP contribution in [0.3, 0.4) is 0 Å². The van der Waals surface area contributed by atoms with Crippen molar-refractivity contribution in [3.05, 3.63) is 41.3 Å². The number of aryl methyl sites for hydroxylation is 2. The van der Waals surface area contributed by atoms with Gasteiger partial charge in [-0.3, -0.25) is 0 Å². The van der Waals surface area contributed by atoms with Crippen LogP contribution in [0, 0.1) is 20.8 Å². The minimum Gasteiger partial charge on any atom is -0.491 e. The van der Waals surface area contributed by atoms with Crippen molar-refractivity contribution in [3.63, 3.8) is 0 Å². The molecule has 4 N–H and O–H groups in total. The first-order chi connectivity index (χ1) is 17.0. The van der Waals surface area contributed by atoms with Gasteiger partial charge in [0, 0.05) is 23.7 Å². The average Bonchev–Trinajstić information content (AvgIpc) is 3.21. The highest BCUT2D eigenvalue weighted by atomic mass is 16.5. The van der Waals surface area contributed by atoms with E-state index < -0.39 is 6.10 Å². The summed E-state index contributed by atoms with van der Waals surface area (Å²) in [6.07, 6.45) is 1.50. The zero-order chi connectivity index (χ0) is 24.8. The Hall–Kier alpha value is -3.01. The van der Waals surface area contributed by atoms with Crippen LogP contribution in [0.15, 0.2) is 28.8 Å². The van der Waals surface area contributed by atoms with Gasteiger partial charge in [-0.15, -0.1) is 0 Å². The summed E-state index contributed by atoms with van der Waals surface area (Å²) >= 11 is 0. The van der Waals surface area contributed by atoms with Crippen molar-refractivity contribution in [1.82, 2.24) is 25.8 Å². The third-order valence-electron chi connectivity index (χ3n) is 6.26. The number of rotatable bonds is 10. The summed E-state index contributed by atoms with van der Waals surface area (Å²) in [4.78, 5) is 9.89. The van der Waals surface area contributed by atoms with E-state index in [2.05, 4.69) is 21.1 Å². The molecule has 1 saturated heterocycles. The predicted molar refractivity (Wildman–Crippen MR) is 137 cm³/mol. The number of aromatic nitrogens is 3. The van der Waals surface area contributed by atoms with E-state index in [0.717, 1.165) is 72.1 Å². The van der Waals surface area contributed by atoms with Crippen molar-refractivity contribution in [2.24, 2.45) is 0 Å². The molecule has 0 spiro atoms. The summed E-state index contributed by atoms with van der Waals surface area (Å²) in [6, 6.07) is 8.03. The Bertz CT molecular complexity index is 1110. The topological polar surface area (TPSA) is 117 Å². The summed E-state index contributed by atoms with van der Waals surface area (Å²) in [5.74, 6) is 2.81. The number of piperidine rings is 1. The maximum absolute atomic E-state index is 10.1. The lowest BCUT2D eigenvalue weighted by Gasteiger charge is -2.25. The maximum Gasteiger partial charge on any atom is 0.162 e. The van der Waals surface area contributed by atoms with E-state index in [-0.39, 0.29) is 6.61 Å². The first-order valence-corrected chi connectivity index (χ1v) is 12.4. The number of nitrogens with one attached hydrogen (secondary N) is 3. The van der Waals surface area contributed by atoms with Crippen molar-refractivity contribution in [2.45, 2.75) is 52.7 Å². The van der Waals surface area contributed by atoms with Crippen molar-refractivity contribution in [1.29, 1.82) is 0 Å². The quantitative estimate of drug-likeness (QED) is 0.347. The molecule has 1 aliphatic heterocycles. The maximum atomic E-state index is 10.1. The van der Waals surface area contributed by atoms with Gasteiger partial charge in [0.05, 0.1) is 17.0 Å². The number of benzene rings is 1. The van der Waals surface area contributed by atoms with Crippen molar-refractivity contribution >= 4 is 5.82 Å². The number of aliphatic hydroxyl groups excluding tert-OH is 1. The second-order valence-corrected chi connectivity index (χ2v) is 9.04. The van der Waals surface area contributed by atoms with Crippen molar-refractivity contribution in [2.75, 3.05) is 38.1 Å². The lowest BCUT2D eigenvalue weighted by molar-refractivity contribution is 0.107. The molecule has 1 atom stereocenters. The van der Waals surface area contributed by atoms with Gasteiger partial charge in [0.2, 0.25) is 0 Å². The van der Waals surface area contributed by atoms with Gasteiger partial charge in [-0.25, -0.2) is 9.97 Å². The molecular weight excluding hydrogens is 444 g/mol. The third kappa shape index (κ3) is 6.17. The number of likely N-dealkylation sites (N-methyl/N-ethyl adjacent to an activating group) is 1. The number of hydrogen-bond donors (Lipinski definition) is 4. The molecular formula is C26H36N6O3. The van der Waals surface area contributed by atoms with Crippen LogP contribution in [-0.4, -0.2) is 65.2 Å². The molecule has 0 bridgehead atoms. The fourth-order valence-electron chi connectivity index (χ4n) is 4.30. The Balaban J connectivity index is 1.67. The smallest absolute Gasteiger partial charge is 0.162 e. The molecule has 1 unspecified atom stereocenters. The number of anilines is 1. The normalized spacial score (nSPS) is 15.2. The van der Waals surface area contributed by atoms with Gasteiger partial charge in [-0.1, -0.05) is 24.2 Å². The van der Waals surface area contributed by atoms with Gasteiger partial charge in [0.15, 0.2) is 5.82 Å². The summed E-state index contributed by atoms with van der Waals surface area (Å²) in [6.45, 7) is 11.4. The third-order valence-corrected chi connectivity index (χ3v) is 6.26. The van der Waals surface area contributed by atoms with Gasteiger partial charge in [-0.05, 0) is 65.4 Å². The zero-order valence-electron chi connectivity index (χ0n) is 21.0. The van der Waals surface area contributed by atoms with Gasteiger partial charge >= 0.3 is 0 Å². The van der Waals surface area contributed by atoms with Crippen LogP contribution in [-0.2, 0) is 0 Å². The Morgan fingerprint density at radius 2 is 2.00 bits per heavy atom. The van der Waals surface area contributed by atoms with E-state index in [1.807, 2.05) is 52.0 Å². The molecule has 0 amide bonds. The lowest BCUT2D eigenvalue weighted by atomic mass is 10.0. The minimum absolute atomic E-state index is 0.206. The van der Waals surface area contributed by atoms with Crippen LogP contribution in [0.5, 0.6) is 5.75 Å². The highest BCUT2D eigenvalue weighted by Crippen LogP contribution is 2.34. The van der Waals surface area contributed by atoms with Gasteiger partial charge in [-0.2, -0.15) is 0 Å². The highest BCUT2D eigenvalue weighted by molar-refractivity contribution is 5.74. The molecule has 35 heavy (non-hydrogen) atoms. The predicted octanol–water partition coefficient (Wildman–Crippen LogP) is 3.24. The monoisotopic (exact) mass is 480 g/mol. The number of ether oxygens (including phenoxy) is 1. The SMILES string of the molecule is CCNCC(O)COc1cccc(-c2nc(NC3CCNCC3)c(C)c(-c3c(C)noc3C)n2)c1. The van der Waals surface area contributed by atoms with Crippen LogP contribution in [0.25, 0.3) is 22.6 Å². The second-order valence-electron chi connectivity index (χ2n) is 9.04. The first kappa shape index (κ1) is 25.1. The molecule has 0 aliphatic carbocycles. The summed E-state index contributed by atoms with van der Waals surface area (Å²) < 4.78 is 11.3. The second kappa shape index (κ2) is 11.6. The molecule has 9 nitrogen and oxygen atoms in total. The molecule has 0 saturated carbocycles. The van der Waals surface area contributed by atoms with Crippen LogP contribution in [0.2, 0.25) is 0 Å². The molecule has 0 radical (unpaired) electrons.